The number of nitrogens with zero attached hydrogens (tertiary/aromatic N) is 2. The molecule has 34 heavy (non-hydrogen) atoms. The molecule has 0 aromatic heterocycles. The molecule has 0 aliphatic heterocycles. The van der Waals surface area contributed by atoms with Gasteiger partial charge in [0.25, 0.3) is 5.91 Å². The van der Waals surface area contributed by atoms with Crippen molar-refractivity contribution in [3.8, 4) is 0 Å². The number of halogens is 5. The minimum Gasteiger partial charge on any atom is -0.272 e. The van der Waals surface area contributed by atoms with Crippen LogP contribution in [0, 0.1) is 5.82 Å². The summed E-state index contributed by atoms with van der Waals surface area (Å²) in [5, 5.41) is 4.76. The fourth-order valence-corrected chi connectivity index (χ4v) is 5.05. The molecule has 0 fully saturated rings. The molecule has 0 bridgehead atoms. The van der Waals surface area contributed by atoms with Crippen molar-refractivity contribution < 1.29 is 17.6 Å². The number of hydrazone groups is 1. The third-order valence-corrected chi connectivity index (χ3v) is 7.62. The van der Waals surface area contributed by atoms with Crippen molar-refractivity contribution >= 4 is 68.5 Å². The van der Waals surface area contributed by atoms with E-state index in [4.69, 9.17) is 46.4 Å². The highest BCUT2D eigenvalue weighted by atomic mass is 35.5. The van der Waals surface area contributed by atoms with Crippen molar-refractivity contribution in [1.29, 1.82) is 0 Å². The Bertz CT molecular complexity index is 1300. The predicted molar refractivity (Wildman–Crippen MR) is 133 cm³/mol. The summed E-state index contributed by atoms with van der Waals surface area (Å²) in [5.41, 5.74) is 2.51. The Morgan fingerprint density at radius 1 is 0.941 bits per heavy atom. The van der Waals surface area contributed by atoms with Gasteiger partial charge in [-0.15, -0.1) is 0 Å². The second kappa shape index (κ2) is 11.5. The first-order valence-corrected chi connectivity index (χ1v) is 12.5. The van der Waals surface area contributed by atoms with E-state index in [9.17, 15) is 17.6 Å². The summed E-state index contributed by atoms with van der Waals surface area (Å²) in [6.07, 6.45) is 1.23. The minimum atomic E-state index is -4.24. The van der Waals surface area contributed by atoms with Crippen LogP contribution in [0.4, 0.5) is 4.39 Å². The van der Waals surface area contributed by atoms with Crippen LogP contribution in [-0.2, 0) is 21.4 Å². The Kier molecular flexibility index (Phi) is 8.92. The summed E-state index contributed by atoms with van der Waals surface area (Å²) in [4.78, 5) is 12.4. The van der Waals surface area contributed by atoms with Crippen molar-refractivity contribution in [2.75, 3.05) is 6.54 Å². The Morgan fingerprint density at radius 2 is 1.53 bits per heavy atom. The molecule has 1 N–H and O–H groups in total. The van der Waals surface area contributed by atoms with Gasteiger partial charge in [0.1, 0.15) is 5.82 Å². The van der Waals surface area contributed by atoms with Gasteiger partial charge in [-0.25, -0.2) is 18.2 Å². The molecule has 0 radical (unpaired) electrons. The first kappa shape index (κ1) is 26.4. The van der Waals surface area contributed by atoms with Crippen LogP contribution < -0.4 is 5.43 Å². The molecule has 1 amide bonds. The number of nitrogens with one attached hydrogen (secondary N) is 1. The summed E-state index contributed by atoms with van der Waals surface area (Å²) in [6, 6.07) is 14.1. The van der Waals surface area contributed by atoms with Gasteiger partial charge in [-0.1, -0.05) is 58.5 Å². The highest BCUT2D eigenvalue weighted by molar-refractivity contribution is 7.89. The Morgan fingerprint density at radius 3 is 2.15 bits per heavy atom. The van der Waals surface area contributed by atoms with Crippen LogP contribution in [0.2, 0.25) is 20.1 Å². The number of amides is 1. The SMILES string of the molecule is O=C(CN(Cc1c(F)cccc1Cl)S(=O)(=O)c1ccc(Cl)cc1)N/N=C\c1c(Cl)cccc1Cl. The van der Waals surface area contributed by atoms with E-state index in [0.29, 0.717) is 20.6 Å². The zero-order valence-electron chi connectivity index (χ0n) is 17.2. The largest absolute Gasteiger partial charge is 0.272 e. The van der Waals surface area contributed by atoms with Crippen LogP contribution in [0.25, 0.3) is 0 Å². The normalized spacial score (nSPS) is 11.8. The predicted octanol–water partition coefficient (Wildman–Crippen LogP) is 5.78. The van der Waals surface area contributed by atoms with Gasteiger partial charge in [0.2, 0.25) is 10.0 Å². The highest BCUT2D eigenvalue weighted by Crippen LogP contribution is 2.25. The monoisotopic (exact) mass is 561 g/mol. The van der Waals surface area contributed by atoms with E-state index in [0.717, 1.165) is 10.4 Å². The van der Waals surface area contributed by atoms with Crippen molar-refractivity contribution in [2.45, 2.75) is 11.4 Å². The fourth-order valence-electron chi connectivity index (χ4n) is 2.84. The number of carbonyl (C=O) groups excluding carboxylic acids is 1. The molecule has 0 spiro atoms. The first-order chi connectivity index (χ1) is 16.1. The molecular formula is C22H16Cl4FN3O3S. The molecule has 3 rings (SSSR count). The number of hydrogen-bond acceptors (Lipinski definition) is 4. The number of carbonyl (C=O) groups is 1. The van der Waals surface area contributed by atoms with Crippen LogP contribution in [0.1, 0.15) is 11.1 Å². The standard InChI is InChI=1S/C22H16Cl4FN3O3S/c23-14-7-9-15(10-8-14)34(32,33)30(12-17-20(26)5-2-6-21(17)27)13-22(31)29-28-11-16-18(24)3-1-4-19(16)25/h1-11H,12-13H2,(H,29,31)/b28-11-. The lowest BCUT2D eigenvalue weighted by Crippen LogP contribution is -2.39. The Labute approximate surface area is 215 Å². The van der Waals surface area contributed by atoms with Crippen LogP contribution in [-0.4, -0.2) is 31.4 Å². The van der Waals surface area contributed by atoms with E-state index in [1.165, 1.54) is 42.6 Å². The molecular weight excluding hydrogens is 547 g/mol. The summed E-state index contributed by atoms with van der Waals surface area (Å²) < 4.78 is 41.7. The van der Waals surface area contributed by atoms with Crippen molar-refractivity contribution in [3.05, 3.63) is 97.7 Å². The maximum absolute atomic E-state index is 14.4. The molecule has 0 unspecified atom stereocenters. The Balaban J connectivity index is 1.86. The summed E-state index contributed by atoms with van der Waals surface area (Å²) >= 11 is 24.0. The van der Waals surface area contributed by atoms with E-state index in [1.54, 1.807) is 18.2 Å². The lowest BCUT2D eigenvalue weighted by molar-refractivity contribution is -0.121. The van der Waals surface area contributed by atoms with Gasteiger partial charge in [-0.05, 0) is 48.5 Å². The zero-order chi connectivity index (χ0) is 24.9. The van der Waals surface area contributed by atoms with E-state index < -0.39 is 34.8 Å². The smallest absolute Gasteiger partial charge is 0.255 e. The molecule has 0 atom stereocenters. The van der Waals surface area contributed by atoms with E-state index in [-0.39, 0.29) is 15.5 Å². The summed E-state index contributed by atoms with van der Waals surface area (Å²) in [6.45, 7) is -1.17. The van der Waals surface area contributed by atoms with Crippen molar-refractivity contribution in [2.24, 2.45) is 5.10 Å². The average Bonchev–Trinajstić information content (AvgIpc) is 2.78. The van der Waals surface area contributed by atoms with Gasteiger partial charge in [-0.2, -0.15) is 9.41 Å². The molecule has 6 nitrogen and oxygen atoms in total. The highest BCUT2D eigenvalue weighted by Gasteiger charge is 2.28. The average molecular weight is 563 g/mol. The fraction of sp³-hybridized carbons (Fsp3) is 0.0909. The van der Waals surface area contributed by atoms with Gasteiger partial charge < -0.3 is 0 Å². The number of rotatable bonds is 8. The van der Waals surface area contributed by atoms with Crippen molar-refractivity contribution in [1.82, 2.24) is 9.73 Å². The van der Waals surface area contributed by atoms with Gasteiger partial charge in [0.15, 0.2) is 0 Å². The Hall–Kier alpha value is -2.20. The molecule has 178 valence electrons. The number of sulfonamides is 1. The topological polar surface area (TPSA) is 78.8 Å². The van der Waals surface area contributed by atoms with Crippen LogP contribution >= 0.6 is 46.4 Å². The molecule has 0 saturated heterocycles. The van der Waals surface area contributed by atoms with Gasteiger partial charge in [-0.3, -0.25) is 4.79 Å². The third kappa shape index (κ3) is 6.47. The van der Waals surface area contributed by atoms with Crippen LogP contribution in [0.15, 0.2) is 70.7 Å². The van der Waals surface area contributed by atoms with Crippen LogP contribution in [0.5, 0.6) is 0 Å². The first-order valence-electron chi connectivity index (χ1n) is 9.54. The molecule has 0 aliphatic carbocycles. The second-order valence-electron chi connectivity index (χ2n) is 6.86. The molecule has 0 aliphatic rings. The summed E-state index contributed by atoms with van der Waals surface area (Å²) in [5.74, 6) is -1.50. The van der Waals surface area contributed by atoms with E-state index in [2.05, 4.69) is 10.5 Å². The van der Waals surface area contributed by atoms with E-state index >= 15 is 0 Å². The van der Waals surface area contributed by atoms with E-state index in [1.807, 2.05) is 0 Å². The van der Waals surface area contributed by atoms with Crippen molar-refractivity contribution in [3.63, 3.8) is 0 Å². The zero-order valence-corrected chi connectivity index (χ0v) is 21.0. The summed E-state index contributed by atoms with van der Waals surface area (Å²) in [7, 11) is -4.24. The molecule has 3 aromatic rings. The van der Waals surface area contributed by atoms with Gasteiger partial charge >= 0.3 is 0 Å². The molecule has 0 heterocycles. The minimum absolute atomic E-state index is 0.0168. The molecule has 0 saturated carbocycles. The second-order valence-corrected chi connectivity index (χ2v) is 10.5. The third-order valence-electron chi connectivity index (χ3n) is 4.55. The lowest BCUT2D eigenvalue weighted by atomic mass is 10.2. The van der Waals surface area contributed by atoms with Crippen LogP contribution in [0.3, 0.4) is 0 Å². The van der Waals surface area contributed by atoms with Gasteiger partial charge in [0, 0.05) is 27.7 Å². The van der Waals surface area contributed by atoms with Gasteiger partial charge in [0.05, 0.1) is 27.7 Å². The maximum atomic E-state index is 14.4. The lowest BCUT2D eigenvalue weighted by Gasteiger charge is -2.22. The molecule has 12 heteroatoms. The number of benzene rings is 3. The quantitative estimate of drug-likeness (QED) is 0.279. The number of hydrogen-bond donors (Lipinski definition) is 1. The maximum Gasteiger partial charge on any atom is 0.255 e. The molecule has 3 aromatic carbocycles.